The Kier molecular flexibility index (Phi) is 5.91. The van der Waals surface area contributed by atoms with Gasteiger partial charge in [-0.25, -0.2) is 4.98 Å². The van der Waals surface area contributed by atoms with Gasteiger partial charge in [-0.3, -0.25) is 4.79 Å². The van der Waals surface area contributed by atoms with Crippen molar-refractivity contribution in [3.8, 4) is 11.5 Å². The van der Waals surface area contributed by atoms with Crippen molar-refractivity contribution in [3.63, 3.8) is 0 Å². The van der Waals surface area contributed by atoms with Gasteiger partial charge in [-0.05, 0) is 29.8 Å². The minimum absolute atomic E-state index is 0.135. The van der Waals surface area contributed by atoms with Crippen molar-refractivity contribution >= 4 is 17.4 Å². The van der Waals surface area contributed by atoms with Crippen LogP contribution >= 0.6 is 0 Å². The lowest BCUT2D eigenvalue weighted by Gasteiger charge is -2.28. The van der Waals surface area contributed by atoms with Crippen molar-refractivity contribution in [3.05, 3.63) is 42.1 Å². The fourth-order valence-electron chi connectivity index (χ4n) is 2.83. The van der Waals surface area contributed by atoms with Gasteiger partial charge in [0.15, 0.2) is 11.5 Å². The zero-order valence-corrected chi connectivity index (χ0v) is 15.0. The molecular formula is C19H23N3O4. The average Bonchev–Trinajstić information content (AvgIpc) is 2.69. The number of hydrogen-bond donors (Lipinski definition) is 1. The zero-order valence-electron chi connectivity index (χ0n) is 15.0. The summed E-state index contributed by atoms with van der Waals surface area (Å²) in [4.78, 5) is 18.8. The Balaban J connectivity index is 1.59. The molecule has 2 heterocycles. The third kappa shape index (κ3) is 4.43. The number of pyridine rings is 1. The number of rotatable bonds is 6. The second kappa shape index (κ2) is 8.53. The molecule has 1 aliphatic rings. The molecule has 26 heavy (non-hydrogen) atoms. The van der Waals surface area contributed by atoms with Crippen molar-refractivity contribution in [2.45, 2.75) is 6.42 Å². The number of benzene rings is 1. The van der Waals surface area contributed by atoms with Crippen molar-refractivity contribution in [1.82, 2.24) is 4.98 Å². The summed E-state index contributed by atoms with van der Waals surface area (Å²) >= 11 is 0. The minimum atomic E-state index is -0.135. The molecule has 7 heteroatoms. The third-order valence-corrected chi connectivity index (χ3v) is 4.20. The summed E-state index contributed by atoms with van der Waals surface area (Å²) in [5, 5.41) is 2.82. The van der Waals surface area contributed by atoms with Crippen LogP contribution in [0.3, 0.4) is 0 Å². The van der Waals surface area contributed by atoms with Gasteiger partial charge < -0.3 is 24.4 Å². The van der Waals surface area contributed by atoms with Crippen molar-refractivity contribution in [2.24, 2.45) is 0 Å². The molecule has 7 nitrogen and oxygen atoms in total. The number of morpholine rings is 1. The molecule has 1 amide bonds. The van der Waals surface area contributed by atoms with Crippen LogP contribution in [0.25, 0.3) is 0 Å². The van der Waals surface area contributed by atoms with Crippen LogP contribution in [0, 0.1) is 0 Å². The highest BCUT2D eigenvalue weighted by Gasteiger charge is 2.12. The molecule has 1 saturated heterocycles. The highest BCUT2D eigenvalue weighted by atomic mass is 16.5. The Hall–Kier alpha value is -2.80. The third-order valence-electron chi connectivity index (χ3n) is 4.20. The number of hydrogen-bond acceptors (Lipinski definition) is 6. The average molecular weight is 357 g/mol. The van der Waals surface area contributed by atoms with E-state index in [0.29, 0.717) is 17.3 Å². The van der Waals surface area contributed by atoms with Gasteiger partial charge in [-0.15, -0.1) is 0 Å². The highest BCUT2D eigenvalue weighted by Crippen LogP contribution is 2.27. The van der Waals surface area contributed by atoms with E-state index in [1.54, 1.807) is 32.5 Å². The maximum absolute atomic E-state index is 12.3. The maximum atomic E-state index is 12.3. The van der Waals surface area contributed by atoms with Crippen LogP contribution in [0.4, 0.5) is 11.5 Å². The van der Waals surface area contributed by atoms with Gasteiger partial charge >= 0.3 is 0 Å². The first-order chi connectivity index (χ1) is 12.7. The number of carbonyl (C=O) groups excluding carboxylic acids is 1. The minimum Gasteiger partial charge on any atom is -0.493 e. The SMILES string of the molecule is COc1ccc(CC(=O)Nc2ccc(N3CCOCC3)cn2)cc1OC. The lowest BCUT2D eigenvalue weighted by Crippen LogP contribution is -2.36. The molecule has 0 bridgehead atoms. The zero-order chi connectivity index (χ0) is 18.4. The van der Waals surface area contributed by atoms with E-state index in [2.05, 4.69) is 15.2 Å². The predicted molar refractivity (Wildman–Crippen MR) is 99.1 cm³/mol. The van der Waals surface area contributed by atoms with Gasteiger partial charge in [-0.1, -0.05) is 6.07 Å². The smallest absolute Gasteiger partial charge is 0.229 e. The maximum Gasteiger partial charge on any atom is 0.229 e. The summed E-state index contributed by atoms with van der Waals surface area (Å²) in [6.45, 7) is 3.16. The molecule has 1 aliphatic heterocycles. The van der Waals surface area contributed by atoms with Crippen LogP contribution in [-0.4, -0.2) is 51.4 Å². The largest absolute Gasteiger partial charge is 0.493 e. The lowest BCUT2D eigenvalue weighted by atomic mass is 10.1. The second-order valence-corrected chi connectivity index (χ2v) is 5.92. The summed E-state index contributed by atoms with van der Waals surface area (Å²) in [5.41, 5.74) is 1.87. The Morgan fingerprint density at radius 2 is 1.92 bits per heavy atom. The molecule has 0 saturated carbocycles. The van der Waals surface area contributed by atoms with E-state index < -0.39 is 0 Å². The summed E-state index contributed by atoms with van der Waals surface area (Å²) in [5.74, 6) is 1.64. The first-order valence-corrected chi connectivity index (χ1v) is 8.49. The Labute approximate surface area is 152 Å². The molecule has 2 aromatic rings. The normalized spacial score (nSPS) is 14.0. The molecular weight excluding hydrogens is 334 g/mol. The number of nitrogens with one attached hydrogen (secondary N) is 1. The molecule has 0 unspecified atom stereocenters. The Morgan fingerprint density at radius 1 is 1.15 bits per heavy atom. The topological polar surface area (TPSA) is 72.9 Å². The molecule has 1 aromatic carbocycles. The highest BCUT2D eigenvalue weighted by molar-refractivity contribution is 5.91. The Bertz CT molecular complexity index is 743. The van der Waals surface area contributed by atoms with Crippen LogP contribution in [-0.2, 0) is 16.0 Å². The molecule has 1 aromatic heterocycles. The fraction of sp³-hybridized carbons (Fsp3) is 0.368. The van der Waals surface area contributed by atoms with Crippen LogP contribution in [0.15, 0.2) is 36.5 Å². The van der Waals surface area contributed by atoms with E-state index in [1.807, 2.05) is 18.2 Å². The van der Waals surface area contributed by atoms with Crippen LogP contribution in [0.2, 0.25) is 0 Å². The van der Waals surface area contributed by atoms with Crippen molar-refractivity contribution < 1.29 is 19.0 Å². The molecule has 0 spiro atoms. The monoisotopic (exact) mass is 357 g/mol. The number of methoxy groups -OCH3 is 2. The molecule has 0 radical (unpaired) electrons. The van der Waals surface area contributed by atoms with Gasteiger partial charge in [0, 0.05) is 13.1 Å². The van der Waals surface area contributed by atoms with Gasteiger partial charge in [0.25, 0.3) is 0 Å². The predicted octanol–water partition coefficient (Wildman–Crippen LogP) is 2.12. The summed E-state index contributed by atoms with van der Waals surface area (Å²) in [7, 11) is 3.15. The molecule has 0 atom stereocenters. The standard InChI is InChI=1S/C19H23N3O4/c1-24-16-5-3-14(11-17(16)25-2)12-19(23)21-18-6-4-15(13-20-18)22-7-9-26-10-8-22/h3-6,11,13H,7-10,12H2,1-2H3,(H,20,21,23). The van der Waals surface area contributed by atoms with E-state index in [1.165, 1.54) is 0 Å². The van der Waals surface area contributed by atoms with Crippen LogP contribution in [0.5, 0.6) is 11.5 Å². The quantitative estimate of drug-likeness (QED) is 0.854. The second-order valence-electron chi connectivity index (χ2n) is 5.92. The van der Waals surface area contributed by atoms with Gasteiger partial charge in [0.05, 0.1) is 45.7 Å². The number of amides is 1. The lowest BCUT2D eigenvalue weighted by molar-refractivity contribution is -0.115. The fourth-order valence-corrected chi connectivity index (χ4v) is 2.83. The van der Waals surface area contributed by atoms with Gasteiger partial charge in [0.1, 0.15) is 5.82 Å². The first-order valence-electron chi connectivity index (χ1n) is 8.49. The molecule has 0 aliphatic carbocycles. The van der Waals surface area contributed by atoms with E-state index in [-0.39, 0.29) is 12.3 Å². The molecule has 3 rings (SSSR count). The number of nitrogens with zero attached hydrogens (tertiary/aromatic N) is 2. The molecule has 1 fully saturated rings. The number of anilines is 2. The van der Waals surface area contributed by atoms with Gasteiger partial charge in [0.2, 0.25) is 5.91 Å². The van der Waals surface area contributed by atoms with Crippen LogP contribution in [0.1, 0.15) is 5.56 Å². The van der Waals surface area contributed by atoms with Crippen molar-refractivity contribution in [1.29, 1.82) is 0 Å². The van der Waals surface area contributed by atoms with Crippen LogP contribution < -0.4 is 19.7 Å². The van der Waals surface area contributed by atoms with E-state index in [0.717, 1.165) is 37.6 Å². The molecule has 138 valence electrons. The first kappa shape index (κ1) is 18.0. The van der Waals surface area contributed by atoms with E-state index in [9.17, 15) is 4.79 Å². The molecule has 1 N–H and O–H groups in total. The summed E-state index contributed by atoms with van der Waals surface area (Å²) < 4.78 is 15.8. The summed E-state index contributed by atoms with van der Waals surface area (Å²) in [6.07, 6.45) is 2.00. The number of carbonyl (C=O) groups is 1. The Morgan fingerprint density at radius 3 is 2.58 bits per heavy atom. The van der Waals surface area contributed by atoms with Gasteiger partial charge in [-0.2, -0.15) is 0 Å². The van der Waals surface area contributed by atoms with Crippen molar-refractivity contribution in [2.75, 3.05) is 50.7 Å². The van der Waals surface area contributed by atoms with E-state index in [4.69, 9.17) is 14.2 Å². The summed E-state index contributed by atoms with van der Waals surface area (Å²) in [6, 6.07) is 9.21. The number of aromatic nitrogens is 1. The number of ether oxygens (including phenoxy) is 3. The van der Waals surface area contributed by atoms with E-state index >= 15 is 0 Å².